The number of amides is 1. The predicted molar refractivity (Wildman–Crippen MR) is 102 cm³/mol. The van der Waals surface area contributed by atoms with Crippen molar-refractivity contribution in [2.75, 3.05) is 5.32 Å². The second kappa shape index (κ2) is 8.92. The van der Waals surface area contributed by atoms with Crippen LogP contribution in [0.25, 0.3) is 0 Å². The highest BCUT2D eigenvalue weighted by Gasteiger charge is 2.20. The first-order chi connectivity index (χ1) is 12.3. The van der Waals surface area contributed by atoms with Crippen molar-refractivity contribution in [2.45, 2.75) is 33.0 Å². The van der Waals surface area contributed by atoms with Crippen LogP contribution in [0.3, 0.4) is 0 Å². The summed E-state index contributed by atoms with van der Waals surface area (Å²) in [6.45, 7) is 5.29. The standard InChI is InChI=1S/C19H19Cl2NO4/c1-11(2)25-14-9-7-13(8-10-14)19(24)26-12(3)18(23)22-17-15(20)5-4-6-16(17)21/h4-12H,1-3H3,(H,22,23)/t12-/m1/s1. The van der Waals surface area contributed by atoms with Crippen molar-refractivity contribution in [2.24, 2.45) is 0 Å². The van der Waals surface area contributed by atoms with Gasteiger partial charge in [-0.25, -0.2) is 4.79 Å². The summed E-state index contributed by atoms with van der Waals surface area (Å²) in [6.07, 6.45) is -0.991. The van der Waals surface area contributed by atoms with E-state index in [1.807, 2.05) is 13.8 Å². The SMILES string of the molecule is CC(C)Oc1ccc(C(=O)O[C@H](C)C(=O)Nc2c(Cl)cccc2Cl)cc1. The first kappa shape index (κ1) is 20.1. The normalized spacial score (nSPS) is 11.8. The van der Waals surface area contributed by atoms with Gasteiger partial charge in [0.05, 0.1) is 27.4 Å². The average Bonchev–Trinajstić information content (AvgIpc) is 2.58. The number of benzene rings is 2. The lowest BCUT2D eigenvalue weighted by Gasteiger charge is -2.15. The van der Waals surface area contributed by atoms with Crippen molar-refractivity contribution in [3.8, 4) is 5.75 Å². The Bertz CT molecular complexity index is 770. The van der Waals surface area contributed by atoms with Crippen LogP contribution in [0.5, 0.6) is 5.75 Å². The maximum atomic E-state index is 12.2. The van der Waals surface area contributed by atoms with Gasteiger partial charge in [0.15, 0.2) is 6.10 Å². The molecular weight excluding hydrogens is 377 g/mol. The Hall–Kier alpha value is -2.24. The van der Waals surface area contributed by atoms with Crippen LogP contribution in [0.1, 0.15) is 31.1 Å². The van der Waals surface area contributed by atoms with E-state index in [1.54, 1.807) is 42.5 Å². The van der Waals surface area contributed by atoms with Gasteiger partial charge in [0, 0.05) is 0 Å². The Labute approximate surface area is 162 Å². The van der Waals surface area contributed by atoms with E-state index in [-0.39, 0.29) is 11.8 Å². The van der Waals surface area contributed by atoms with Crippen molar-refractivity contribution in [1.82, 2.24) is 0 Å². The molecule has 1 atom stereocenters. The number of nitrogens with one attached hydrogen (secondary N) is 1. The highest BCUT2D eigenvalue weighted by molar-refractivity contribution is 6.39. The second-order valence-corrected chi connectivity index (χ2v) is 6.64. The Morgan fingerprint density at radius 1 is 0.962 bits per heavy atom. The molecule has 26 heavy (non-hydrogen) atoms. The molecule has 0 saturated heterocycles. The molecule has 1 N–H and O–H groups in total. The number of hydrogen-bond donors (Lipinski definition) is 1. The molecule has 0 unspecified atom stereocenters. The molecule has 2 aromatic rings. The van der Waals surface area contributed by atoms with Gasteiger partial charge in [-0.3, -0.25) is 4.79 Å². The molecule has 0 radical (unpaired) electrons. The molecule has 0 aromatic heterocycles. The number of hydrogen-bond acceptors (Lipinski definition) is 4. The maximum Gasteiger partial charge on any atom is 0.338 e. The predicted octanol–water partition coefficient (Wildman–Crippen LogP) is 4.96. The third kappa shape index (κ3) is 5.38. The number of rotatable bonds is 6. The summed E-state index contributed by atoms with van der Waals surface area (Å²) >= 11 is 12.0. The summed E-state index contributed by atoms with van der Waals surface area (Å²) < 4.78 is 10.7. The quantitative estimate of drug-likeness (QED) is 0.701. The zero-order valence-electron chi connectivity index (χ0n) is 14.6. The van der Waals surface area contributed by atoms with Gasteiger partial charge < -0.3 is 14.8 Å². The lowest BCUT2D eigenvalue weighted by Crippen LogP contribution is -2.30. The van der Waals surface area contributed by atoms with Crippen LogP contribution in [-0.2, 0) is 9.53 Å². The highest BCUT2D eigenvalue weighted by Crippen LogP contribution is 2.30. The van der Waals surface area contributed by atoms with E-state index in [2.05, 4.69) is 5.32 Å². The lowest BCUT2D eigenvalue weighted by molar-refractivity contribution is -0.123. The molecule has 0 spiro atoms. The van der Waals surface area contributed by atoms with Gasteiger partial charge in [0.1, 0.15) is 5.75 Å². The number of carbonyl (C=O) groups excluding carboxylic acids is 2. The van der Waals surface area contributed by atoms with Crippen LogP contribution >= 0.6 is 23.2 Å². The van der Waals surface area contributed by atoms with Crippen LogP contribution in [0, 0.1) is 0 Å². The van der Waals surface area contributed by atoms with Crippen LogP contribution in [0.15, 0.2) is 42.5 Å². The van der Waals surface area contributed by atoms with Gasteiger partial charge in [0.25, 0.3) is 5.91 Å². The number of para-hydroxylation sites is 1. The van der Waals surface area contributed by atoms with E-state index in [1.165, 1.54) is 6.92 Å². The number of esters is 1. The minimum Gasteiger partial charge on any atom is -0.491 e. The fourth-order valence-corrected chi connectivity index (χ4v) is 2.56. The third-order valence-electron chi connectivity index (χ3n) is 3.33. The molecule has 2 rings (SSSR count). The van der Waals surface area contributed by atoms with E-state index >= 15 is 0 Å². The van der Waals surface area contributed by atoms with Crippen LogP contribution in [-0.4, -0.2) is 24.1 Å². The van der Waals surface area contributed by atoms with Gasteiger partial charge in [-0.1, -0.05) is 29.3 Å². The van der Waals surface area contributed by atoms with Gasteiger partial charge in [0.2, 0.25) is 0 Å². The summed E-state index contributed by atoms with van der Waals surface area (Å²) in [6, 6.07) is 11.4. The number of carbonyl (C=O) groups is 2. The zero-order chi connectivity index (χ0) is 19.3. The molecule has 1 amide bonds. The number of ether oxygens (including phenoxy) is 2. The van der Waals surface area contributed by atoms with Crippen molar-refractivity contribution in [3.63, 3.8) is 0 Å². The van der Waals surface area contributed by atoms with E-state index < -0.39 is 18.0 Å². The Morgan fingerprint density at radius 2 is 1.54 bits per heavy atom. The van der Waals surface area contributed by atoms with E-state index in [0.29, 0.717) is 21.4 Å². The average molecular weight is 396 g/mol. The molecule has 0 saturated carbocycles. The van der Waals surface area contributed by atoms with Gasteiger partial charge in [-0.2, -0.15) is 0 Å². The lowest BCUT2D eigenvalue weighted by atomic mass is 10.2. The molecule has 0 fully saturated rings. The Morgan fingerprint density at radius 3 is 2.08 bits per heavy atom. The molecule has 5 nitrogen and oxygen atoms in total. The molecule has 0 bridgehead atoms. The number of anilines is 1. The summed E-state index contributed by atoms with van der Waals surface area (Å²) in [5.41, 5.74) is 0.593. The zero-order valence-corrected chi connectivity index (χ0v) is 16.1. The van der Waals surface area contributed by atoms with E-state index in [0.717, 1.165) is 0 Å². The number of halogens is 2. The largest absolute Gasteiger partial charge is 0.491 e. The molecule has 138 valence electrons. The molecule has 0 aliphatic carbocycles. The van der Waals surface area contributed by atoms with E-state index in [4.69, 9.17) is 32.7 Å². The van der Waals surface area contributed by atoms with Gasteiger partial charge >= 0.3 is 5.97 Å². The molecule has 0 aliphatic rings. The topological polar surface area (TPSA) is 64.6 Å². The summed E-state index contributed by atoms with van der Waals surface area (Å²) in [7, 11) is 0. The summed E-state index contributed by atoms with van der Waals surface area (Å²) in [4.78, 5) is 24.4. The summed E-state index contributed by atoms with van der Waals surface area (Å²) in [5, 5.41) is 3.16. The van der Waals surface area contributed by atoms with Crippen molar-refractivity contribution in [3.05, 3.63) is 58.1 Å². The van der Waals surface area contributed by atoms with E-state index in [9.17, 15) is 9.59 Å². The molecule has 0 heterocycles. The smallest absolute Gasteiger partial charge is 0.338 e. The van der Waals surface area contributed by atoms with Crippen molar-refractivity contribution in [1.29, 1.82) is 0 Å². The monoisotopic (exact) mass is 395 g/mol. The maximum absolute atomic E-state index is 12.2. The second-order valence-electron chi connectivity index (χ2n) is 5.82. The van der Waals surface area contributed by atoms with Crippen LogP contribution in [0.2, 0.25) is 10.0 Å². The fraction of sp³-hybridized carbons (Fsp3) is 0.263. The first-order valence-electron chi connectivity index (χ1n) is 8.00. The molecular formula is C19H19Cl2NO4. The Kier molecular flexibility index (Phi) is 6.89. The van der Waals surface area contributed by atoms with Gasteiger partial charge in [-0.05, 0) is 57.2 Å². The van der Waals surface area contributed by atoms with Gasteiger partial charge in [-0.15, -0.1) is 0 Å². The minimum absolute atomic E-state index is 0.0353. The summed E-state index contributed by atoms with van der Waals surface area (Å²) in [5.74, 6) is -0.502. The van der Waals surface area contributed by atoms with Crippen LogP contribution < -0.4 is 10.1 Å². The Balaban J connectivity index is 1.98. The van der Waals surface area contributed by atoms with Crippen molar-refractivity contribution >= 4 is 40.8 Å². The minimum atomic E-state index is -1.03. The fourth-order valence-electron chi connectivity index (χ4n) is 2.07. The molecule has 7 heteroatoms. The van der Waals surface area contributed by atoms with Crippen LogP contribution in [0.4, 0.5) is 5.69 Å². The first-order valence-corrected chi connectivity index (χ1v) is 8.76. The highest BCUT2D eigenvalue weighted by atomic mass is 35.5. The third-order valence-corrected chi connectivity index (χ3v) is 3.96. The van der Waals surface area contributed by atoms with Crippen molar-refractivity contribution < 1.29 is 19.1 Å². The molecule has 2 aromatic carbocycles. The molecule has 0 aliphatic heterocycles.